The Balaban J connectivity index is 1.61. The Kier molecular flexibility index (Phi) is 4.29. The molecule has 4 rings (SSSR count). The van der Waals surface area contributed by atoms with Crippen LogP contribution in [0.15, 0.2) is 23.6 Å². The van der Waals surface area contributed by atoms with Gasteiger partial charge in [0.1, 0.15) is 11.5 Å². The molecule has 0 bridgehead atoms. The molecular weight excluding hydrogens is 332 g/mol. The molecule has 0 radical (unpaired) electrons. The number of carbonyl (C=O) groups is 1. The van der Waals surface area contributed by atoms with Crippen molar-refractivity contribution in [3.63, 3.8) is 0 Å². The molecule has 1 saturated heterocycles. The molecule has 25 heavy (non-hydrogen) atoms. The van der Waals surface area contributed by atoms with Gasteiger partial charge in [0.15, 0.2) is 0 Å². The van der Waals surface area contributed by atoms with Crippen LogP contribution in [0, 0.1) is 6.92 Å². The maximum Gasteiger partial charge on any atom is 0.273 e. The quantitative estimate of drug-likeness (QED) is 0.761. The number of aromatic nitrogens is 3. The molecule has 5 nitrogen and oxygen atoms in total. The number of hydrogen-bond donors (Lipinski definition) is 1. The van der Waals surface area contributed by atoms with Crippen molar-refractivity contribution in [2.24, 2.45) is 0 Å². The zero-order chi connectivity index (χ0) is 17.4. The Bertz CT molecular complexity index is 913. The van der Waals surface area contributed by atoms with Crippen LogP contribution in [-0.4, -0.2) is 32.3 Å². The van der Waals surface area contributed by atoms with Crippen molar-refractivity contribution in [3.05, 3.63) is 45.7 Å². The first-order chi connectivity index (χ1) is 12.2. The smallest absolute Gasteiger partial charge is 0.273 e. The second kappa shape index (κ2) is 6.59. The highest BCUT2D eigenvalue weighted by Crippen LogP contribution is 2.33. The lowest BCUT2D eigenvalue weighted by atomic mass is 10.2. The van der Waals surface area contributed by atoms with Gasteiger partial charge in [0.2, 0.25) is 0 Å². The van der Waals surface area contributed by atoms with Gasteiger partial charge in [-0.15, -0.1) is 11.3 Å². The molecule has 3 heterocycles. The Hall–Kier alpha value is -2.21. The molecule has 1 aliphatic heterocycles. The highest BCUT2D eigenvalue weighted by molar-refractivity contribution is 7.09. The molecule has 1 N–H and O–H groups in total. The molecule has 2 aromatic heterocycles. The minimum absolute atomic E-state index is 0.0107. The summed E-state index contributed by atoms with van der Waals surface area (Å²) in [4.78, 5) is 27.5. The highest BCUT2D eigenvalue weighted by Gasteiger charge is 2.33. The van der Waals surface area contributed by atoms with Crippen LogP contribution in [0.25, 0.3) is 11.0 Å². The molecule has 1 amide bonds. The molecule has 1 atom stereocenters. The molecule has 1 aliphatic rings. The highest BCUT2D eigenvalue weighted by atomic mass is 32.1. The number of nitrogens with zero attached hydrogens (tertiary/aromatic N) is 3. The lowest BCUT2D eigenvalue weighted by Gasteiger charge is -2.22. The topological polar surface area (TPSA) is 61.9 Å². The van der Waals surface area contributed by atoms with Crippen molar-refractivity contribution < 1.29 is 4.79 Å². The van der Waals surface area contributed by atoms with Gasteiger partial charge in [-0.3, -0.25) is 4.79 Å². The van der Waals surface area contributed by atoms with Gasteiger partial charge in [0, 0.05) is 11.9 Å². The number of aromatic amines is 1. The first-order valence-electron chi connectivity index (χ1n) is 8.87. The van der Waals surface area contributed by atoms with E-state index in [1.807, 2.05) is 16.3 Å². The number of fused-ring (bicyclic) bond motifs is 1. The average molecular weight is 354 g/mol. The third-order valence-electron chi connectivity index (χ3n) is 4.72. The number of amides is 1. The SMILES string of the molecule is CCCc1nc(C(=O)N2CCC[C@@H]2c2nc3ccc(C)cc3[nH]2)cs1. The van der Waals surface area contributed by atoms with Crippen LogP contribution in [0.5, 0.6) is 0 Å². The number of benzene rings is 1. The number of carbonyl (C=O) groups excluding carboxylic acids is 1. The summed E-state index contributed by atoms with van der Waals surface area (Å²) in [6.45, 7) is 4.96. The Morgan fingerprint density at radius 3 is 3.12 bits per heavy atom. The average Bonchev–Trinajstić information content (AvgIpc) is 3.32. The van der Waals surface area contributed by atoms with E-state index in [9.17, 15) is 4.79 Å². The van der Waals surface area contributed by atoms with Crippen molar-refractivity contribution in [3.8, 4) is 0 Å². The zero-order valence-corrected chi connectivity index (χ0v) is 15.4. The maximum atomic E-state index is 12.9. The number of nitrogens with one attached hydrogen (secondary N) is 1. The van der Waals surface area contributed by atoms with E-state index in [-0.39, 0.29) is 11.9 Å². The summed E-state index contributed by atoms with van der Waals surface area (Å²) in [7, 11) is 0. The lowest BCUT2D eigenvalue weighted by Crippen LogP contribution is -2.31. The molecule has 130 valence electrons. The minimum Gasteiger partial charge on any atom is -0.340 e. The van der Waals surface area contributed by atoms with Crippen molar-refractivity contribution in [1.29, 1.82) is 0 Å². The number of hydrogen-bond acceptors (Lipinski definition) is 4. The van der Waals surface area contributed by atoms with Crippen molar-refractivity contribution in [2.45, 2.75) is 45.6 Å². The van der Waals surface area contributed by atoms with Gasteiger partial charge in [-0.25, -0.2) is 9.97 Å². The first-order valence-corrected chi connectivity index (χ1v) is 9.75. The van der Waals surface area contributed by atoms with Gasteiger partial charge in [0.05, 0.1) is 22.1 Å². The number of aryl methyl sites for hydroxylation is 2. The van der Waals surface area contributed by atoms with Gasteiger partial charge in [-0.05, 0) is 50.3 Å². The van der Waals surface area contributed by atoms with Gasteiger partial charge < -0.3 is 9.88 Å². The predicted octanol–water partition coefficient (Wildman–Crippen LogP) is 4.26. The van der Waals surface area contributed by atoms with Gasteiger partial charge in [-0.2, -0.15) is 0 Å². The molecule has 0 spiro atoms. The molecule has 0 unspecified atom stereocenters. The lowest BCUT2D eigenvalue weighted by molar-refractivity contribution is 0.0725. The zero-order valence-electron chi connectivity index (χ0n) is 14.6. The molecule has 0 aliphatic carbocycles. The normalized spacial score (nSPS) is 17.5. The Labute approximate surface area is 151 Å². The molecule has 1 fully saturated rings. The number of thiazole rings is 1. The number of H-pyrrole nitrogens is 1. The summed E-state index contributed by atoms with van der Waals surface area (Å²) in [5, 5.41) is 2.94. The summed E-state index contributed by atoms with van der Waals surface area (Å²) < 4.78 is 0. The molecule has 0 saturated carbocycles. The van der Waals surface area contributed by atoms with E-state index in [2.05, 4.69) is 35.9 Å². The summed E-state index contributed by atoms with van der Waals surface area (Å²) in [5.41, 5.74) is 3.77. The van der Waals surface area contributed by atoms with Crippen LogP contribution in [-0.2, 0) is 6.42 Å². The fourth-order valence-electron chi connectivity index (χ4n) is 3.48. The van der Waals surface area contributed by atoms with Crippen molar-refractivity contribution in [2.75, 3.05) is 6.54 Å². The molecule has 1 aromatic carbocycles. The maximum absolute atomic E-state index is 12.9. The Morgan fingerprint density at radius 2 is 2.28 bits per heavy atom. The van der Waals surface area contributed by atoms with E-state index in [0.29, 0.717) is 5.69 Å². The van der Waals surface area contributed by atoms with Gasteiger partial charge in [-0.1, -0.05) is 13.0 Å². The van der Waals surface area contributed by atoms with Crippen LogP contribution in [0.2, 0.25) is 0 Å². The number of imidazole rings is 1. The second-order valence-corrected chi connectivity index (χ2v) is 7.62. The van der Waals surface area contributed by atoms with Crippen LogP contribution >= 0.6 is 11.3 Å². The second-order valence-electron chi connectivity index (χ2n) is 6.68. The minimum atomic E-state index is 0.0107. The first kappa shape index (κ1) is 16.3. The fourth-order valence-corrected chi connectivity index (χ4v) is 4.35. The van der Waals surface area contributed by atoms with E-state index >= 15 is 0 Å². The molecule has 3 aromatic rings. The van der Waals surface area contributed by atoms with E-state index in [1.54, 1.807) is 11.3 Å². The Morgan fingerprint density at radius 1 is 1.40 bits per heavy atom. The number of likely N-dealkylation sites (tertiary alicyclic amines) is 1. The van der Waals surface area contributed by atoms with Gasteiger partial charge in [0.25, 0.3) is 5.91 Å². The molecule has 6 heteroatoms. The summed E-state index contributed by atoms with van der Waals surface area (Å²) in [6.07, 6.45) is 3.92. The summed E-state index contributed by atoms with van der Waals surface area (Å²) >= 11 is 1.58. The third-order valence-corrected chi connectivity index (χ3v) is 5.63. The largest absolute Gasteiger partial charge is 0.340 e. The van der Waals surface area contributed by atoms with E-state index in [4.69, 9.17) is 4.98 Å². The predicted molar refractivity (Wildman–Crippen MR) is 100.0 cm³/mol. The summed E-state index contributed by atoms with van der Waals surface area (Å²) in [6, 6.07) is 6.21. The number of rotatable bonds is 4. The van der Waals surface area contributed by atoms with Crippen molar-refractivity contribution >= 4 is 28.3 Å². The van der Waals surface area contributed by atoms with Crippen LogP contribution in [0.3, 0.4) is 0 Å². The van der Waals surface area contributed by atoms with E-state index < -0.39 is 0 Å². The van der Waals surface area contributed by atoms with E-state index in [1.165, 1.54) is 5.56 Å². The third kappa shape index (κ3) is 3.06. The van der Waals surface area contributed by atoms with Crippen molar-refractivity contribution in [1.82, 2.24) is 19.9 Å². The fraction of sp³-hybridized carbons (Fsp3) is 0.421. The van der Waals surface area contributed by atoms with Crippen LogP contribution in [0.4, 0.5) is 0 Å². The van der Waals surface area contributed by atoms with Crippen LogP contribution in [0.1, 0.15) is 59.1 Å². The standard InChI is InChI=1S/C19H22N4OS/c1-3-5-17-20-15(11-25-17)19(24)23-9-4-6-16(23)18-21-13-8-7-12(2)10-14(13)22-18/h7-8,10-11,16H,3-6,9H2,1-2H3,(H,21,22)/t16-/m1/s1. The van der Waals surface area contributed by atoms with E-state index in [0.717, 1.165) is 54.1 Å². The summed E-state index contributed by atoms with van der Waals surface area (Å²) in [5.74, 6) is 0.910. The monoisotopic (exact) mass is 354 g/mol. The molecular formula is C19H22N4OS. The van der Waals surface area contributed by atoms with Crippen LogP contribution < -0.4 is 0 Å². The van der Waals surface area contributed by atoms with Gasteiger partial charge >= 0.3 is 0 Å².